The number of aromatic amines is 1. The second-order valence-corrected chi connectivity index (χ2v) is 4.62. The lowest BCUT2D eigenvalue weighted by Crippen LogP contribution is -2.35. The average Bonchev–Trinajstić information content (AvgIpc) is 2.36. The molecule has 1 aromatic heterocycles. The van der Waals surface area contributed by atoms with Crippen LogP contribution in [0.15, 0.2) is 17.1 Å². The third-order valence-corrected chi connectivity index (χ3v) is 2.70. The average molecular weight is 307 g/mol. The Morgan fingerprint density at radius 1 is 1.52 bits per heavy atom. The number of aliphatic hydroxyl groups is 1. The predicted octanol–water partition coefficient (Wildman–Crippen LogP) is 1.63. The summed E-state index contributed by atoms with van der Waals surface area (Å²) >= 11 is 0. The van der Waals surface area contributed by atoms with Crippen LogP contribution in [0.2, 0.25) is 0 Å². The summed E-state index contributed by atoms with van der Waals surface area (Å²) in [4.78, 5) is 26.2. The molecule has 0 bridgehead atoms. The molecule has 1 rings (SSSR count). The Hall–Kier alpha value is -2.03. The van der Waals surface area contributed by atoms with E-state index in [1.165, 1.54) is 7.05 Å². The van der Waals surface area contributed by atoms with Gasteiger partial charge in [0.25, 0.3) is 5.56 Å². The number of amides is 2. The first kappa shape index (κ1) is 17.0. The lowest BCUT2D eigenvalue weighted by molar-refractivity contribution is -0.137. The van der Waals surface area contributed by atoms with Crippen molar-refractivity contribution in [2.24, 2.45) is 0 Å². The van der Waals surface area contributed by atoms with Gasteiger partial charge in [0, 0.05) is 19.8 Å². The zero-order valence-electron chi connectivity index (χ0n) is 11.5. The van der Waals surface area contributed by atoms with E-state index in [4.69, 9.17) is 5.11 Å². The van der Waals surface area contributed by atoms with Gasteiger partial charge in [0.05, 0.1) is 11.7 Å². The van der Waals surface area contributed by atoms with E-state index in [2.05, 4.69) is 5.32 Å². The first-order chi connectivity index (χ1) is 9.61. The molecule has 0 aliphatic carbocycles. The van der Waals surface area contributed by atoms with Crippen molar-refractivity contribution >= 4 is 11.7 Å². The van der Waals surface area contributed by atoms with Crippen molar-refractivity contribution in [3.8, 4) is 0 Å². The van der Waals surface area contributed by atoms with Crippen LogP contribution in [0, 0.1) is 0 Å². The largest absolute Gasteiger partial charge is 0.417 e. The number of aromatic nitrogens is 1. The molecule has 0 aliphatic rings. The molecule has 9 heteroatoms. The molecule has 0 fully saturated rings. The molecule has 21 heavy (non-hydrogen) atoms. The fourth-order valence-electron chi connectivity index (χ4n) is 1.43. The maximum absolute atomic E-state index is 12.5. The third kappa shape index (κ3) is 5.10. The molecule has 1 unspecified atom stereocenters. The zero-order valence-corrected chi connectivity index (χ0v) is 11.5. The van der Waals surface area contributed by atoms with E-state index in [9.17, 15) is 22.8 Å². The summed E-state index contributed by atoms with van der Waals surface area (Å²) in [5, 5.41) is 11.2. The fraction of sp³-hybridized carbons (Fsp3) is 0.500. The molecular formula is C12H16F3N3O3. The molecule has 0 spiro atoms. The van der Waals surface area contributed by atoms with Crippen molar-refractivity contribution in [1.29, 1.82) is 0 Å². The molecule has 6 nitrogen and oxygen atoms in total. The number of carbonyl (C=O) groups is 1. The molecule has 1 atom stereocenters. The number of alkyl halides is 3. The highest BCUT2D eigenvalue weighted by atomic mass is 19.4. The maximum Gasteiger partial charge on any atom is 0.417 e. The van der Waals surface area contributed by atoms with Crippen LogP contribution in [0.5, 0.6) is 0 Å². The van der Waals surface area contributed by atoms with E-state index in [-0.39, 0.29) is 6.54 Å². The number of urea groups is 1. The second kappa shape index (κ2) is 6.61. The number of carbonyl (C=O) groups excluding carboxylic acids is 1. The van der Waals surface area contributed by atoms with Crippen LogP contribution in [0.3, 0.4) is 0 Å². The van der Waals surface area contributed by atoms with Crippen LogP contribution in [0.1, 0.15) is 18.9 Å². The summed E-state index contributed by atoms with van der Waals surface area (Å²) in [5.74, 6) is 0. The molecule has 0 aromatic carbocycles. The second-order valence-electron chi connectivity index (χ2n) is 4.62. The number of nitrogens with one attached hydrogen (secondary N) is 2. The van der Waals surface area contributed by atoms with E-state index >= 15 is 0 Å². The third-order valence-electron chi connectivity index (χ3n) is 2.70. The van der Waals surface area contributed by atoms with E-state index in [1.54, 1.807) is 6.92 Å². The molecule has 0 saturated heterocycles. The minimum absolute atomic E-state index is 0.195. The summed E-state index contributed by atoms with van der Waals surface area (Å²) in [5.41, 5.74) is -2.39. The van der Waals surface area contributed by atoms with Gasteiger partial charge in [-0.2, -0.15) is 13.2 Å². The molecule has 0 radical (unpaired) electrons. The number of aliphatic hydroxyl groups excluding tert-OH is 1. The number of rotatable bonds is 4. The summed E-state index contributed by atoms with van der Waals surface area (Å²) in [6, 6.07) is -0.167. The predicted molar refractivity (Wildman–Crippen MR) is 70.0 cm³/mol. The molecule has 118 valence electrons. The number of pyridine rings is 1. The van der Waals surface area contributed by atoms with E-state index in [0.717, 1.165) is 4.90 Å². The smallest absolute Gasteiger partial charge is 0.393 e. The Kier molecular flexibility index (Phi) is 5.36. The zero-order chi connectivity index (χ0) is 16.2. The Balaban J connectivity index is 2.83. The number of anilines is 1. The van der Waals surface area contributed by atoms with Crippen molar-refractivity contribution in [3.05, 3.63) is 28.2 Å². The quantitative estimate of drug-likeness (QED) is 0.790. The highest BCUT2D eigenvalue weighted by Gasteiger charge is 2.31. The summed E-state index contributed by atoms with van der Waals surface area (Å²) in [6.45, 7) is 1.74. The molecule has 3 N–H and O–H groups in total. The Morgan fingerprint density at radius 3 is 2.67 bits per heavy atom. The van der Waals surface area contributed by atoms with Gasteiger partial charge >= 0.3 is 12.2 Å². The van der Waals surface area contributed by atoms with Gasteiger partial charge in [-0.1, -0.05) is 0 Å². The lowest BCUT2D eigenvalue weighted by Gasteiger charge is -2.18. The van der Waals surface area contributed by atoms with Crippen molar-refractivity contribution in [1.82, 2.24) is 9.88 Å². The number of H-pyrrole nitrogens is 1. The highest BCUT2D eigenvalue weighted by molar-refractivity contribution is 5.88. The Bertz CT molecular complexity index is 555. The normalized spacial score (nSPS) is 12.9. The van der Waals surface area contributed by atoms with Crippen LogP contribution in [0.25, 0.3) is 0 Å². The summed E-state index contributed by atoms with van der Waals surface area (Å²) < 4.78 is 37.6. The first-order valence-electron chi connectivity index (χ1n) is 6.11. The molecular weight excluding hydrogens is 291 g/mol. The monoisotopic (exact) mass is 307 g/mol. The highest BCUT2D eigenvalue weighted by Crippen LogP contribution is 2.29. The van der Waals surface area contributed by atoms with Gasteiger partial charge in [-0.3, -0.25) is 4.79 Å². The van der Waals surface area contributed by atoms with Gasteiger partial charge < -0.3 is 20.3 Å². The van der Waals surface area contributed by atoms with Crippen molar-refractivity contribution < 1.29 is 23.1 Å². The van der Waals surface area contributed by atoms with Crippen LogP contribution in [-0.2, 0) is 6.18 Å². The molecule has 0 aliphatic heterocycles. The van der Waals surface area contributed by atoms with Crippen LogP contribution < -0.4 is 10.9 Å². The number of hydrogen-bond acceptors (Lipinski definition) is 3. The van der Waals surface area contributed by atoms with Crippen molar-refractivity contribution in [3.63, 3.8) is 0 Å². The number of halogens is 3. The van der Waals surface area contributed by atoms with E-state index < -0.39 is 35.1 Å². The van der Waals surface area contributed by atoms with Crippen LogP contribution in [-0.4, -0.2) is 40.7 Å². The molecule has 1 heterocycles. The summed E-state index contributed by atoms with van der Waals surface area (Å²) in [7, 11) is 1.40. The molecule has 0 saturated carbocycles. The number of nitrogens with zero attached hydrogens (tertiary/aromatic N) is 1. The summed E-state index contributed by atoms with van der Waals surface area (Å²) in [6.07, 6.45) is -4.39. The fourth-order valence-corrected chi connectivity index (χ4v) is 1.43. The minimum atomic E-state index is -4.62. The van der Waals surface area contributed by atoms with Crippen molar-refractivity contribution in [2.45, 2.75) is 25.6 Å². The van der Waals surface area contributed by atoms with Gasteiger partial charge in [-0.25, -0.2) is 4.79 Å². The lowest BCUT2D eigenvalue weighted by atomic mass is 10.2. The van der Waals surface area contributed by atoms with Gasteiger partial charge in [0.2, 0.25) is 0 Å². The maximum atomic E-state index is 12.5. The standard InChI is InChI=1S/C12H16F3N3O3/c1-7(19)3-4-18(2)11(21)17-9-5-8(12(13,14)15)6-16-10(9)20/h5-7,19H,3-4H2,1-2H3,(H,16,20)(H,17,21). The number of hydrogen-bond donors (Lipinski definition) is 3. The first-order valence-corrected chi connectivity index (χ1v) is 6.11. The van der Waals surface area contributed by atoms with E-state index in [1.807, 2.05) is 4.98 Å². The van der Waals surface area contributed by atoms with Gasteiger partial charge in [-0.05, 0) is 19.4 Å². The van der Waals surface area contributed by atoms with E-state index in [0.29, 0.717) is 18.7 Å². The minimum Gasteiger partial charge on any atom is -0.393 e. The van der Waals surface area contributed by atoms with Crippen LogP contribution >= 0.6 is 0 Å². The SMILES string of the molecule is CC(O)CCN(C)C(=O)Nc1cc(C(F)(F)F)c[nH]c1=O. The van der Waals surface area contributed by atoms with Gasteiger partial charge in [-0.15, -0.1) is 0 Å². The molecule has 1 aromatic rings. The van der Waals surface area contributed by atoms with Gasteiger partial charge in [0.15, 0.2) is 0 Å². The van der Waals surface area contributed by atoms with Crippen molar-refractivity contribution in [2.75, 3.05) is 18.9 Å². The topological polar surface area (TPSA) is 85.4 Å². The Morgan fingerprint density at radius 2 is 2.14 bits per heavy atom. The van der Waals surface area contributed by atoms with Crippen LogP contribution in [0.4, 0.5) is 23.7 Å². The Labute approximate surface area is 118 Å². The molecule has 2 amide bonds. The van der Waals surface area contributed by atoms with Gasteiger partial charge in [0.1, 0.15) is 5.69 Å².